The third-order valence-electron chi connectivity index (χ3n) is 5.45. The number of ketones is 1. The van der Waals surface area contributed by atoms with Crippen LogP contribution in [-0.4, -0.2) is 58.1 Å². The van der Waals surface area contributed by atoms with E-state index in [2.05, 4.69) is 15.7 Å². The molecule has 2 aromatic heterocycles. The second-order valence-corrected chi connectivity index (χ2v) is 7.82. The van der Waals surface area contributed by atoms with Gasteiger partial charge in [0.2, 0.25) is 5.78 Å². The van der Waals surface area contributed by atoms with Crippen LogP contribution in [0.1, 0.15) is 27.3 Å². The number of furan rings is 1. The van der Waals surface area contributed by atoms with Gasteiger partial charge >= 0.3 is 12.2 Å². The van der Waals surface area contributed by atoms with Crippen LogP contribution < -0.4 is 10.6 Å². The smallest absolute Gasteiger partial charge is 0.416 e. The zero-order valence-corrected chi connectivity index (χ0v) is 18.6. The normalized spacial score (nSPS) is 15.8. The van der Waals surface area contributed by atoms with E-state index in [1.165, 1.54) is 29.4 Å². The quantitative estimate of drug-likeness (QED) is 0.513. The number of rotatable bonds is 5. The van der Waals surface area contributed by atoms with Crippen molar-refractivity contribution in [3.63, 3.8) is 0 Å². The van der Waals surface area contributed by atoms with Gasteiger partial charge in [-0.05, 0) is 36.4 Å². The van der Waals surface area contributed by atoms with Crippen LogP contribution in [0.3, 0.4) is 0 Å². The summed E-state index contributed by atoms with van der Waals surface area (Å²) >= 11 is 0. The molecule has 1 aliphatic heterocycles. The summed E-state index contributed by atoms with van der Waals surface area (Å²) in [5.41, 5.74) is -0.983. The van der Waals surface area contributed by atoms with Crippen LogP contribution in [0.25, 0.3) is 11.5 Å². The molecule has 1 aliphatic rings. The predicted octanol–water partition coefficient (Wildman–Crippen LogP) is 3.40. The summed E-state index contributed by atoms with van der Waals surface area (Å²) in [5, 5.41) is 18.4. The maximum atomic E-state index is 13.4. The molecule has 1 atom stereocenters. The number of nitrogens with one attached hydrogen (secondary N) is 2. The van der Waals surface area contributed by atoms with Crippen LogP contribution in [0.5, 0.6) is 0 Å². The number of carbonyl (C=O) groups is 3. The lowest BCUT2D eigenvalue weighted by Crippen LogP contribution is -2.58. The average molecular weight is 500 g/mol. The van der Waals surface area contributed by atoms with E-state index in [-0.39, 0.29) is 35.9 Å². The van der Waals surface area contributed by atoms with E-state index >= 15 is 0 Å². The van der Waals surface area contributed by atoms with E-state index in [0.29, 0.717) is 6.54 Å². The number of benzene rings is 1. The van der Waals surface area contributed by atoms with E-state index in [4.69, 9.17) is 9.68 Å². The number of nitrogens with zero attached hydrogens (tertiary/aromatic N) is 4. The highest BCUT2D eigenvalue weighted by molar-refractivity contribution is 6.03. The number of halogens is 3. The SMILES string of the molecule is N#CCC(=O)n1nc(C(=O)C2CNCCN2C(=O)Nc2cccc(C(F)(F)F)c2)cc1-c1ccco1. The number of alkyl halides is 3. The topological polar surface area (TPSA) is 133 Å². The Morgan fingerprint density at radius 2 is 2.03 bits per heavy atom. The average Bonchev–Trinajstić information content (AvgIpc) is 3.54. The Balaban J connectivity index is 1.59. The maximum Gasteiger partial charge on any atom is 0.416 e. The largest absolute Gasteiger partial charge is 0.463 e. The summed E-state index contributed by atoms with van der Waals surface area (Å²) < 4.78 is 45.3. The van der Waals surface area contributed by atoms with Crippen LogP contribution in [0.15, 0.2) is 53.1 Å². The first kappa shape index (κ1) is 24.7. The lowest BCUT2D eigenvalue weighted by Gasteiger charge is -2.34. The molecule has 3 heterocycles. The minimum absolute atomic E-state index is 0.0595. The van der Waals surface area contributed by atoms with Crippen LogP contribution >= 0.6 is 0 Å². The molecule has 0 bridgehead atoms. The number of urea groups is 1. The number of hydrogen-bond acceptors (Lipinski definition) is 7. The van der Waals surface area contributed by atoms with Crippen molar-refractivity contribution in [2.24, 2.45) is 0 Å². The molecule has 10 nitrogen and oxygen atoms in total. The lowest BCUT2D eigenvalue weighted by molar-refractivity contribution is -0.137. The Hall–Kier alpha value is -4.44. The monoisotopic (exact) mass is 500 g/mol. The van der Waals surface area contributed by atoms with E-state index in [0.717, 1.165) is 16.8 Å². The number of hydrogen-bond donors (Lipinski definition) is 2. The first-order valence-corrected chi connectivity index (χ1v) is 10.7. The maximum absolute atomic E-state index is 13.4. The van der Waals surface area contributed by atoms with Crippen LogP contribution in [0.4, 0.5) is 23.7 Å². The minimum Gasteiger partial charge on any atom is -0.463 e. The summed E-state index contributed by atoms with van der Waals surface area (Å²) in [6.45, 7) is 0.511. The molecule has 2 N–H and O–H groups in total. The van der Waals surface area contributed by atoms with Crippen molar-refractivity contribution in [2.75, 3.05) is 25.0 Å². The molecule has 2 amide bonds. The fraction of sp³-hybridized carbons (Fsp3) is 0.261. The van der Waals surface area contributed by atoms with Gasteiger partial charge in [-0.15, -0.1) is 0 Å². The van der Waals surface area contributed by atoms with Crippen molar-refractivity contribution < 1.29 is 32.0 Å². The molecular formula is C23H19F3N6O4. The van der Waals surface area contributed by atoms with Crippen molar-refractivity contribution >= 4 is 23.4 Å². The van der Waals surface area contributed by atoms with Crippen molar-refractivity contribution in [3.05, 3.63) is 60.0 Å². The number of anilines is 1. The van der Waals surface area contributed by atoms with E-state index < -0.39 is 41.9 Å². The molecule has 1 unspecified atom stereocenters. The van der Waals surface area contributed by atoms with Gasteiger partial charge in [0.15, 0.2) is 5.76 Å². The minimum atomic E-state index is -4.58. The molecule has 0 spiro atoms. The molecule has 0 aliphatic carbocycles. The zero-order chi connectivity index (χ0) is 25.9. The van der Waals surface area contributed by atoms with Crippen LogP contribution in [0.2, 0.25) is 0 Å². The molecule has 1 aromatic carbocycles. The Morgan fingerprint density at radius 1 is 1.22 bits per heavy atom. The number of Topliss-reactive ketones (excluding diaryl/α,β-unsaturated/α-hetero) is 1. The third-order valence-corrected chi connectivity index (χ3v) is 5.45. The van der Waals surface area contributed by atoms with Gasteiger partial charge < -0.3 is 20.0 Å². The van der Waals surface area contributed by atoms with Gasteiger partial charge in [-0.1, -0.05) is 6.07 Å². The van der Waals surface area contributed by atoms with Crippen molar-refractivity contribution in [3.8, 4) is 17.5 Å². The lowest BCUT2D eigenvalue weighted by atomic mass is 10.1. The van der Waals surface area contributed by atoms with Gasteiger partial charge in [0.05, 0.1) is 17.9 Å². The second kappa shape index (κ2) is 10.0. The highest BCUT2D eigenvalue weighted by Gasteiger charge is 2.35. The van der Waals surface area contributed by atoms with E-state index in [9.17, 15) is 27.6 Å². The third kappa shape index (κ3) is 5.13. The highest BCUT2D eigenvalue weighted by Crippen LogP contribution is 2.31. The fourth-order valence-electron chi connectivity index (χ4n) is 3.75. The molecule has 1 saturated heterocycles. The molecule has 0 saturated carbocycles. The van der Waals surface area contributed by atoms with Gasteiger partial charge in [0, 0.05) is 25.3 Å². The molecule has 4 rings (SSSR count). The molecule has 13 heteroatoms. The van der Waals surface area contributed by atoms with Gasteiger partial charge in [0.25, 0.3) is 5.91 Å². The second-order valence-electron chi connectivity index (χ2n) is 7.82. The Morgan fingerprint density at radius 3 is 2.72 bits per heavy atom. The van der Waals surface area contributed by atoms with Gasteiger partial charge in [-0.2, -0.15) is 28.2 Å². The standard InChI is InChI=1S/C23H19F3N6O4/c24-23(25,26)14-3-1-4-15(11-14)29-22(35)31-9-8-28-13-18(31)21(34)16-12-17(19-5-2-10-36-19)32(30-16)20(33)6-7-27/h1-5,10-12,18,28H,6,8-9,13H2,(H,29,35). The molecule has 3 aromatic rings. The van der Waals surface area contributed by atoms with Crippen molar-refractivity contribution in [1.29, 1.82) is 5.26 Å². The zero-order valence-electron chi connectivity index (χ0n) is 18.6. The molecular weight excluding hydrogens is 481 g/mol. The molecule has 186 valence electrons. The summed E-state index contributed by atoms with van der Waals surface area (Å²) in [6.07, 6.45) is -3.70. The Labute approximate surface area is 202 Å². The van der Waals surface area contributed by atoms with Crippen LogP contribution in [-0.2, 0) is 6.18 Å². The number of amides is 2. The van der Waals surface area contributed by atoms with Gasteiger partial charge in [0.1, 0.15) is 23.9 Å². The summed E-state index contributed by atoms with van der Waals surface area (Å²) in [6, 6.07) is 8.53. The van der Waals surface area contributed by atoms with E-state index in [1.807, 2.05) is 0 Å². The van der Waals surface area contributed by atoms with Crippen molar-refractivity contribution in [2.45, 2.75) is 18.6 Å². The fourth-order valence-corrected chi connectivity index (χ4v) is 3.75. The number of carbonyl (C=O) groups excluding carboxylic acids is 3. The van der Waals surface area contributed by atoms with Crippen molar-refractivity contribution in [1.82, 2.24) is 20.0 Å². The van der Waals surface area contributed by atoms with Gasteiger partial charge in [-0.25, -0.2) is 4.79 Å². The number of piperazine rings is 1. The predicted molar refractivity (Wildman–Crippen MR) is 119 cm³/mol. The number of nitriles is 1. The Kier molecular flexibility index (Phi) is 6.89. The number of aromatic nitrogens is 2. The Bertz CT molecular complexity index is 1330. The van der Waals surface area contributed by atoms with Gasteiger partial charge in [-0.3, -0.25) is 9.59 Å². The first-order chi connectivity index (χ1) is 17.2. The summed E-state index contributed by atoms with van der Waals surface area (Å²) in [7, 11) is 0. The molecule has 1 fully saturated rings. The van der Waals surface area contributed by atoms with Crippen LogP contribution in [0, 0.1) is 11.3 Å². The molecule has 0 radical (unpaired) electrons. The van der Waals surface area contributed by atoms with E-state index in [1.54, 1.807) is 18.2 Å². The molecule has 36 heavy (non-hydrogen) atoms. The first-order valence-electron chi connectivity index (χ1n) is 10.7. The summed E-state index contributed by atoms with van der Waals surface area (Å²) in [5.74, 6) is -1.03. The summed E-state index contributed by atoms with van der Waals surface area (Å²) in [4.78, 5) is 39.9. The highest BCUT2D eigenvalue weighted by atomic mass is 19.4.